The third kappa shape index (κ3) is 4.50. The normalized spacial score (nSPS) is 10.7. The SMILES string of the molecule is Cc1ccc(-c2nnn(CC(=O)Nc3cccc(-c4c[n+]5ccccc5[nH]4)c3)n2)cc1.[Cl-]. The fourth-order valence-corrected chi connectivity index (χ4v) is 3.35. The molecule has 8 nitrogen and oxygen atoms in total. The predicted octanol–water partition coefficient (Wildman–Crippen LogP) is 0.0250. The van der Waals surface area contributed by atoms with E-state index < -0.39 is 0 Å². The van der Waals surface area contributed by atoms with Crippen molar-refractivity contribution >= 4 is 17.2 Å². The molecule has 2 N–H and O–H groups in total. The molecule has 2 aromatic carbocycles. The first-order chi connectivity index (χ1) is 15.1. The van der Waals surface area contributed by atoms with E-state index in [1.165, 1.54) is 4.80 Å². The first-order valence-electron chi connectivity index (χ1n) is 9.88. The topological polar surface area (TPSA) is 92.6 Å². The van der Waals surface area contributed by atoms with E-state index in [4.69, 9.17) is 0 Å². The number of aromatic nitrogens is 6. The second-order valence-electron chi connectivity index (χ2n) is 7.30. The summed E-state index contributed by atoms with van der Waals surface area (Å²) in [5.41, 5.74) is 5.65. The molecule has 0 fully saturated rings. The minimum Gasteiger partial charge on any atom is -1.00 e. The molecule has 0 unspecified atom stereocenters. The molecule has 0 saturated heterocycles. The molecule has 9 heteroatoms. The number of halogens is 1. The van der Waals surface area contributed by atoms with Gasteiger partial charge in [0.1, 0.15) is 12.7 Å². The molecule has 0 aliphatic heterocycles. The van der Waals surface area contributed by atoms with Crippen molar-refractivity contribution in [3.05, 3.63) is 84.7 Å². The third-order valence-corrected chi connectivity index (χ3v) is 4.93. The van der Waals surface area contributed by atoms with Crippen molar-refractivity contribution in [3.63, 3.8) is 0 Å². The Balaban J connectivity index is 0.00000245. The van der Waals surface area contributed by atoms with Crippen molar-refractivity contribution in [2.45, 2.75) is 13.5 Å². The third-order valence-electron chi connectivity index (χ3n) is 4.93. The highest BCUT2D eigenvalue weighted by Gasteiger charge is 2.13. The zero-order valence-electron chi connectivity index (χ0n) is 17.2. The van der Waals surface area contributed by atoms with Crippen molar-refractivity contribution < 1.29 is 21.6 Å². The Morgan fingerprint density at radius 1 is 1.06 bits per heavy atom. The number of nitrogens with one attached hydrogen (secondary N) is 2. The van der Waals surface area contributed by atoms with Crippen LogP contribution in [0, 0.1) is 6.92 Å². The lowest BCUT2D eigenvalue weighted by Crippen LogP contribution is -3.00. The molecule has 0 atom stereocenters. The van der Waals surface area contributed by atoms with Crippen molar-refractivity contribution in [1.29, 1.82) is 0 Å². The molecular weight excluding hydrogens is 426 g/mol. The molecule has 32 heavy (non-hydrogen) atoms. The number of hydrogen-bond donors (Lipinski definition) is 2. The number of tetrazole rings is 1. The van der Waals surface area contributed by atoms with E-state index in [1.54, 1.807) is 0 Å². The molecule has 0 spiro atoms. The highest BCUT2D eigenvalue weighted by atomic mass is 35.5. The number of nitrogens with zero attached hydrogens (tertiary/aromatic N) is 5. The maximum absolute atomic E-state index is 12.5. The van der Waals surface area contributed by atoms with E-state index in [0.29, 0.717) is 11.5 Å². The average Bonchev–Trinajstić information content (AvgIpc) is 3.41. The van der Waals surface area contributed by atoms with Gasteiger partial charge in [-0.1, -0.05) is 48.0 Å². The number of aryl methyl sites for hydroxylation is 1. The van der Waals surface area contributed by atoms with E-state index in [-0.39, 0.29) is 24.9 Å². The Bertz CT molecular complexity index is 1340. The van der Waals surface area contributed by atoms with Crippen molar-refractivity contribution in [1.82, 2.24) is 25.2 Å². The van der Waals surface area contributed by atoms with Gasteiger partial charge in [0.25, 0.3) is 5.65 Å². The van der Waals surface area contributed by atoms with Gasteiger partial charge in [-0.3, -0.25) is 4.79 Å². The van der Waals surface area contributed by atoms with Gasteiger partial charge in [0.15, 0.2) is 5.69 Å². The van der Waals surface area contributed by atoms with Crippen LogP contribution in [-0.4, -0.2) is 31.1 Å². The maximum atomic E-state index is 12.5. The minimum atomic E-state index is -0.226. The summed E-state index contributed by atoms with van der Waals surface area (Å²) in [5.74, 6) is 0.266. The van der Waals surface area contributed by atoms with Gasteiger partial charge < -0.3 is 17.7 Å². The molecule has 0 aliphatic carbocycles. The van der Waals surface area contributed by atoms with Gasteiger partial charge in [-0.15, -0.1) is 10.2 Å². The maximum Gasteiger partial charge on any atom is 0.284 e. The van der Waals surface area contributed by atoms with Crippen LogP contribution in [0.15, 0.2) is 79.1 Å². The van der Waals surface area contributed by atoms with Gasteiger partial charge in [0, 0.05) is 22.9 Å². The highest BCUT2D eigenvalue weighted by Crippen LogP contribution is 2.21. The number of carbonyl (C=O) groups is 1. The lowest BCUT2D eigenvalue weighted by molar-refractivity contribution is -0.509. The van der Waals surface area contributed by atoms with E-state index in [2.05, 4.69) is 25.7 Å². The lowest BCUT2D eigenvalue weighted by atomic mass is 10.1. The number of aromatic amines is 1. The summed E-state index contributed by atoms with van der Waals surface area (Å²) >= 11 is 0. The molecule has 0 saturated carbocycles. The van der Waals surface area contributed by atoms with Crippen LogP contribution >= 0.6 is 0 Å². The van der Waals surface area contributed by atoms with Gasteiger partial charge in [-0.25, -0.2) is 9.38 Å². The summed E-state index contributed by atoms with van der Waals surface area (Å²) in [4.78, 5) is 17.2. The van der Waals surface area contributed by atoms with Crippen molar-refractivity contribution in [3.8, 4) is 22.6 Å². The summed E-state index contributed by atoms with van der Waals surface area (Å²) < 4.78 is 2.02. The zero-order chi connectivity index (χ0) is 21.2. The van der Waals surface area contributed by atoms with E-state index in [9.17, 15) is 4.79 Å². The molecule has 3 aromatic heterocycles. The van der Waals surface area contributed by atoms with Gasteiger partial charge in [-0.2, -0.15) is 4.80 Å². The number of benzene rings is 2. The summed E-state index contributed by atoms with van der Waals surface area (Å²) in [6.07, 6.45) is 4.00. The van der Waals surface area contributed by atoms with Crippen LogP contribution in [0.2, 0.25) is 0 Å². The van der Waals surface area contributed by atoms with Crippen LogP contribution in [-0.2, 0) is 11.3 Å². The van der Waals surface area contributed by atoms with Crippen LogP contribution < -0.4 is 22.1 Å². The molecule has 1 amide bonds. The number of anilines is 1. The largest absolute Gasteiger partial charge is 1.00 e. The molecule has 5 aromatic rings. The first kappa shape index (κ1) is 21.2. The van der Waals surface area contributed by atoms with Crippen molar-refractivity contribution in [2.75, 3.05) is 5.32 Å². The predicted molar refractivity (Wildman–Crippen MR) is 116 cm³/mol. The number of carbonyl (C=O) groups excluding carboxylic acids is 1. The smallest absolute Gasteiger partial charge is 0.284 e. The Morgan fingerprint density at radius 2 is 1.91 bits per heavy atom. The van der Waals surface area contributed by atoms with Crippen LogP contribution in [0.4, 0.5) is 5.69 Å². The first-order valence-corrected chi connectivity index (χ1v) is 9.88. The molecule has 3 heterocycles. The van der Waals surface area contributed by atoms with Gasteiger partial charge in [0.05, 0.1) is 6.20 Å². The lowest BCUT2D eigenvalue weighted by Gasteiger charge is -2.05. The Morgan fingerprint density at radius 3 is 2.72 bits per heavy atom. The number of H-pyrrole nitrogens is 1. The van der Waals surface area contributed by atoms with Gasteiger partial charge >= 0.3 is 0 Å². The Kier molecular flexibility index (Phi) is 5.96. The molecule has 5 rings (SSSR count). The van der Waals surface area contributed by atoms with E-state index >= 15 is 0 Å². The second-order valence-corrected chi connectivity index (χ2v) is 7.30. The standard InChI is InChI=1S/C23H19N7O.ClH/c1-16-8-10-17(11-9-16)23-26-28-30(27-23)15-22(31)24-19-6-4-5-18(13-19)20-14-29-12-3-2-7-21(29)25-20;/h2-14H,15H2,1H3,(H,24,31);1H. The summed E-state index contributed by atoms with van der Waals surface area (Å²) in [6.45, 7) is 2.00. The van der Waals surface area contributed by atoms with Crippen LogP contribution in [0.25, 0.3) is 28.3 Å². The van der Waals surface area contributed by atoms with Crippen LogP contribution in [0.3, 0.4) is 0 Å². The quantitative estimate of drug-likeness (QED) is 0.373. The number of rotatable bonds is 5. The van der Waals surface area contributed by atoms with Gasteiger partial charge in [-0.05, 0) is 30.3 Å². The number of imidazole rings is 1. The van der Waals surface area contributed by atoms with Crippen molar-refractivity contribution in [2.24, 2.45) is 0 Å². The van der Waals surface area contributed by atoms with Gasteiger partial charge in [0.2, 0.25) is 11.7 Å². The summed E-state index contributed by atoms with van der Waals surface area (Å²) in [7, 11) is 0. The Hall–Kier alpha value is -4.04. The number of fused-ring (bicyclic) bond motifs is 1. The molecule has 160 valence electrons. The molecular formula is C23H20ClN7O. The van der Waals surface area contributed by atoms with Crippen LogP contribution in [0.5, 0.6) is 0 Å². The minimum absolute atomic E-state index is 0. The highest BCUT2D eigenvalue weighted by molar-refractivity contribution is 5.91. The molecule has 0 radical (unpaired) electrons. The average molecular weight is 446 g/mol. The Labute approximate surface area is 190 Å². The number of pyridine rings is 1. The fraction of sp³-hybridized carbons (Fsp3) is 0.0870. The van der Waals surface area contributed by atoms with E-state index in [1.807, 2.05) is 90.4 Å². The number of amides is 1. The number of hydrogen-bond acceptors (Lipinski definition) is 4. The summed E-state index contributed by atoms with van der Waals surface area (Å²) in [5, 5.41) is 15.2. The molecule has 0 aliphatic rings. The molecule has 0 bridgehead atoms. The fourth-order valence-electron chi connectivity index (χ4n) is 3.35. The van der Waals surface area contributed by atoms with E-state index in [0.717, 1.165) is 28.0 Å². The second kappa shape index (κ2) is 8.99. The monoisotopic (exact) mass is 445 g/mol. The zero-order valence-corrected chi connectivity index (χ0v) is 18.0. The van der Waals surface area contributed by atoms with Crippen LogP contribution in [0.1, 0.15) is 5.56 Å². The summed E-state index contributed by atoms with van der Waals surface area (Å²) in [6, 6.07) is 21.5.